The Morgan fingerprint density at radius 1 is 1.12 bits per heavy atom. The van der Waals surface area contributed by atoms with Crippen LogP contribution in [0.25, 0.3) is 0 Å². The summed E-state index contributed by atoms with van der Waals surface area (Å²) in [5.74, 6) is 2.40. The first-order valence-electron chi connectivity index (χ1n) is 9.74. The molecule has 2 N–H and O–H groups in total. The highest BCUT2D eigenvalue weighted by Crippen LogP contribution is 2.36. The van der Waals surface area contributed by atoms with Crippen LogP contribution >= 0.6 is 23.2 Å². The summed E-state index contributed by atoms with van der Waals surface area (Å²) in [7, 11) is 0. The van der Waals surface area contributed by atoms with Gasteiger partial charge in [0.1, 0.15) is 6.61 Å². The van der Waals surface area contributed by atoms with Crippen LogP contribution in [-0.4, -0.2) is 31.2 Å². The van der Waals surface area contributed by atoms with Gasteiger partial charge in [0, 0.05) is 23.6 Å². The third-order valence-electron chi connectivity index (χ3n) is 4.07. The second kappa shape index (κ2) is 12.6. The first-order chi connectivity index (χ1) is 15.3. The zero-order chi connectivity index (χ0) is 23.5. The lowest BCUT2D eigenvalue weighted by atomic mass is 10.2. The molecule has 0 saturated heterocycles. The van der Waals surface area contributed by atoms with Crippen LogP contribution in [-0.2, 0) is 9.59 Å². The second-order valence-corrected chi connectivity index (χ2v) is 7.38. The maximum Gasteiger partial charge on any atom is 0.240 e. The molecule has 2 amide bonds. The van der Waals surface area contributed by atoms with E-state index in [1.165, 1.54) is 6.21 Å². The SMILES string of the molecule is C#CCOc1c(Cl)cc(C=NNC(=O)CCC(=O)Nc2ccc(C)c(Cl)c2)cc1OCC. The summed E-state index contributed by atoms with van der Waals surface area (Å²) in [5.41, 5.74) is 4.44. The van der Waals surface area contributed by atoms with Crippen LogP contribution in [0.1, 0.15) is 30.9 Å². The number of ether oxygens (including phenoxy) is 2. The summed E-state index contributed by atoms with van der Waals surface area (Å²) in [6, 6.07) is 8.47. The first kappa shape index (κ1) is 25.1. The molecule has 0 atom stereocenters. The number of anilines is 1. The lowest BCUT2D eigenvalue weighted by Gasteiger charge is -2.12. The van der Waals surface area contributed by atoms with Crippen molar-refractivity contribution in [1.29, 1.82) is 0 Å². The highest BCUT2D eigenvalue weighted by molar-refractivity contribution is 6.32. The number of amides is 2. The minimum absolute atomic E-state index is 0.00558. The summed E-state index contributed by atoms with van der Waals surface area (Å²) in [6.07, 6.45) is 6.58. The fraction of sp³-hybridized carbons (Fsp3) is 0.261. The van der Waals surface area contributed by atoms with E-state index in [0.717, 1.165) is 5.56 Å². The molecule has 0 aliphatic carbocycles. The number of aryl methyl sites for hydroxylation is 1. The molecule has 0 unspecified atom stereocenters. The van der Waals surface area contributed by atoms with Gasteiger partial charge < -0.3 is 14.8 Å². The molecule has 0 saturated carbocycles. The van der Waals surface area contributed by atoms with E-state index in [0.29, 0.717) is 39.4 Å². The smallest absolute Gasteiger partial charge is 0.240 e. The topological polar surface area (TPSA) is 89.0 Å². The molecule has 7 nitrogen and oxygen atoms in total. The zero-order valence-corrected chi connectivity index (χ0v) is 19.2. The summed E-state index contributed by atoms with van der Waals surface area (Å²) in [4.78, 5) is 24.0. The van der Waals surface area contributed by atoms with Crippen molar-refractivity contribution in [2.45, 2.75) is 26.7 Å². The van der Waals surface area contributed by atoms with Gasteiger partial charge >= 0.3 is 0 Å². The summed E-state index contributed by atoms with van der Waals surface area (Å²) < 4.78 is 11.0. The molecule has 32 heavy (non-hydrogen) atoms. The molecule has 0 aliphatic heterocycles. The van der Waals surface area contributed by atoms with E-state index in [1.807, 2.05) is 13.8 Å². The van der Waals surface area contributed by atoms with Gasteiger partial charge in [-0.2, -0.15) is 5.10 Å². The van der Waals surface area contributed by atoms with E-state index >= 15 is 0 Å². The fourth-order valence-corrected chi connectivity index (χ4v) is 2.99. The molecule has 0 heterocycles. The number of carbonyl (C=O) groups excluding carboxylic acids is 2. The van der Waals surface area contributed by atoms with Gasteiger partial charge in [-0.1, -0.05) is 35.2 Å². The van der Waals surface area contributed by atoms with E-state index in [9.17, 15) is 9.59 Å². The van der Waals surface area contributed by atoms with Crippen LogP contribution in [0.5, 0.6) is 11.5 Å². The molecule has 9 heteroatoms. The number of nitrogens with zero attached hydrogens (tertiary/aromatic N) is 1. The molecule has 0 radical (unpaired) electrons. The molecule has 0 aliphatic rings. The lowest BCUT2D eigenvalue weighted by Crippen LogP contribution is -2.20. The highest BCUT2D eigenvalue weighted by Gasteiger charge is 2.12. The number of benzene rings is 2. The molecule has 0 aromatic heterocycles. The number of hydrogen-bond donors (Lipinski definition) is 2. The van der Waals surface area contributed by atoms with Gasteiger partial charge in [-0.25, -0.2) is 5.43 Å². The minimum atomic E-state index is -0.413. The largest absolute Gasteiger partial charge is 0.490 e. The standard InChI is InChI=1S/C23H23Cl2N3O4/c1-4-10-32-23-19(25)11-16(12-20(23)31-5-2)14-26-28-22(30)9-8-21(29)27-17-7-6-15(3)18(24)13-17/h1,6-7,11-14H,5,8-10H2,2-3H3,(H,27,29)(H,28,30). The van der Waals surface area contributed by atoms with Crippen LogP contribution < -0.4 is 20.2 Å². The summed E-state index contributed by atoms with van der Waals surface area (Å²) in [6.45, 7) is 4.14. The second-order valence-electron chi connectivity index (χ2n) is 6.56. The molecule has 0 spiro atoms. The van der Waals surface area contributed by atoms with Crippen molar-refractivity contribution < 1.29 is 19.1 Å². The van der Waals surface area contributed by atoms with Crippen LogP contribution in [0.3, 0.4) is 0 Å². The predicted octanol–water partition coefficient (Wildman–Crippen LogP) is 4.58. The molecule has 0 fully saturated rings. The van der Waals surface area contributed by atoms with E-state index in [2.05, 4.69) is 21.8 Å². The van der Waals surface area contributed by atoms with Crippen molar-refractivity contribution >= 4 is 46.9 Å². The summed E-state index contributed by atoms with van der Waals surface area (Å²) in [5, 5.41) is 7.45. The summed E-state index contributed by atoms with van der Waals surface area (Å²) >= 11 is 12.3. The molecular weight excluding hydrogens is 453 g/mol. The lowest BCUT2D eigenvalue weighted by molar-refractivity contribution is -0.124. The van der Waals surface area contributed by atoms with Crippen LogP contribution in [0.4, 0.5) is 5.69 Å². The average Bonchev–Trinajstić information content (AvgIpc) is 2.74. The number of hydrazone groups is 1. The number of terminal acetylenes is 1. The molecule has 2 aromatic carbocycles. The van der Waals surface area contributed by atoms with E-state index < -0.39 is 5.91 Å². The van der Waals surface area contributed by atoms with Gasteiger partial charge in [-0.05, 0) is 49.2 Å². The predicted molar refractivity (Wildman–Crippen MR) is 127 cm³/mol. The van der Waals surface area contributed by atoms with Crippen molar-refractivity contribution in [2.75, 3.05) is 18.5 Å². The molecule has 2 aromatic rings. The maximum atomic E-state index is 12.0. The Labute approximate surface area is 197 Å². The average molecular weight is 476 g/mol. The van der Waals surface area contributed by atoms with E-state index in [-0.39, 0.29) is 25.4 Å². The molecule has 0 bridgehead atoms. The monoisotopic (exact) mass is 475 g/mol. The van der Waals surface area contributed by atoms with Gasteiger partial charge in [0.15, 0.2) is 11.5 Å². The van der Waals surface area contributed by atoms with Crippen molar-refractivity contribution in [3.05, 3.63) is 51.5 Å². The quantitative estimate of drug-likeness (QED) is 0.299. The van der Waals surface area contributed by atoms with E-state index in [4.69, 9.17) is 39.1 Å². The number of carbonyl (C=O) groups is 2. The van der Waals surface area contributed by atoms with Crippen LogP contribution in [0.15, 0.2) is 35.4 Å². The minimum Gasteiger partial charge on any atom is -0.490 e. The Kier molecular flexibility index (Phi) is 9.86. The van der Waals surface area contributed by atoms with Gasteiger partial charge in [-0.15, -0.1) is 6.42 Å². The number of halogens is 2. The van der Waals surface area contributed by atoms with E-state index in [1.54, 1.807) is 30.3 Å². The Morgan fingerprint density at radius 2 is 1.88 bits per heavy atom. The normalized spacial score (nSPS) is 10.5. The van der Waals surface area contributed by atoms with Crippen molar-refractivity contribution in [2.24, 2.45) is 5.10 Å². The van der Waals surface area contributed by atoms with Crippen molar-refractivity contribution in [1.82, 2.24) is 5.43 Å². The Hall–Kier alpha value is -3.21. The fourth-order valence-electron chi connectivity index (χ4n) is 2.54. The van der Waals surface area contributed by atoms with Gasteiger partial charge in [0.25, 0.3) is 0 Å². The number of nitrogens with one attached hydrogen (secondary N) is 2. The van der Waals surface area contributed by atoms with Crippen LogP contribution in [0, 0.1) is 19.3 Å². The number of hydrogen-bond acceptors (Lipinski definition) is 5. The zero-order valence-electron chi connectivity index (χ0n) is 17.7. The third kappa shape index (κ3) is 7.80. The third-order valence-corrected chi connectivity index (χ3v) is 4.76. The van der Waals surface area contributed by atoms with Gasteiger partial charge in [0.05, 0.1) is 17.8 Å². The van der Waals surface area contributed by atoms with Crippen molar-refractivity contribution in [3.63, 3.8) is 0 Å². The molecular formula is C23H23Cl2N3O4. The van der Waals surface area contributed by atoms with Gasteiger partial charge in [0.2, 0.25) is 11.8 Å². The van der Waals surface area contributed by atoms with Crippen molar-refractivity contribution in [3.8, 4) is 23.8 Å². The highest BCUT2D eigenvalue weighted by atomic mass is 35.5. The maximum absolute atomic E-state index is 12.0. The Bertz CT molecular complexity index is 1050. The first-order valence-corrected chi connectivity index (χ1v) is 10.5. The van der Waals surface area contributed by atoms with Crippen LogP contribution in [0.2, 0.25) is 10.0 Å². The number of rotatable bonds is 10. The Balaban J connectivity index is 1.89. The molecule has 2 rings (SSSR count). The Morgan fingerprint density at radius 3 is 2.56 bits per heavy atom. The molecule has 168 valence electrons. The van der Waals surface area contributed by atoms with Gasteiger partial charge in [-0.3, -0.25) is 9.59 Å².